The summed E-state index contributed by atoms with van der Waals surface area (Å²) in [4.78, 5) is 53.8. The second kappa shape index (κ2) is 19.1. The van der Waals surface area contributed by atoms with E-state index >= 15 is 0 Å². The summed E-state index contributed by atoms with van der Waals surface area (Å²) >= 11 is 0. The van der Waals surface area contributed by atoms with Crippen molar-refractivity contribution in [1.29, 1.82) is 0 Å². The van der Waals surface area contributed by atoms with E-state index < -0.39 is 61.2 Å². The topological polar surface area (TPSA) is 133 Å². The molecule has 51 heavy (non-hydrogen) atoms. The molecule has 11 nitrogen and oxygen atoms in total. The second-order valence-electron chi connectivity index (χ2n) is 11.6. The maximum Gasteiger partial charge on any atom is 0.338 e. The van der Waals surface area contributed by atoms with Crippen LogP contribution in [0.15, 0.2) is 121 Å². The van der Waals surface area contributed by atoms with E-state index in [1.807, 2.05) is 6.92 Å². The Kier molecular flexibility index (Phi) is 13.9. The van der Waals surface area contributed by atoms with Gasteiger partial charge in [-0.3, -0.25) is 0 Å². The molecule has 5 atom stereocenters. The lowest BCUT2D eigenvalue weighted by Crippen LogP contribution is -2.63. The quantitative estimate of drug-likeness (QED) is 0.0767. The molecule has 4 aromatic rings. The molecule has 0 radical (unpaired) electrons. The summed E-state index contributed by atoms with van der Waals surface area (Å²) in [6.07, 6.45) is -5.18. The van der Waals surface area contributed by atoms with Gasteiger partial charge in [-0.05, 0) is 55.0 Å². The molecule has 1 aliphatic heterocycles. The summed E-state index contributed by atoms with van der Waals surface area (Å²) in [6.45, 7) is 2.33. The van der Waals surface area contributed by atoms with Gasteiger partial charge in [0.15, 0.2) is 24.6 Å². The van der Waals surface area contributed by atoms with Gasteiger partial charge in [0.05, 0.1) is 35.5 Å². The molecule has 0 N–H and O–H groups in total. The predicted octanol–water partition coefficient (Wildman–Crippen LogP) is 6.08. The monoisotopic (exact) mass is 696 g/mol. The Hall–Kier alpha value is -5.36. The molecule has 4 aromatic carbocycles. The van der Waals surface area contributed by atoms with E-state index in [1.165, 1.54) is 0 Å². The molecule has 1 aliphatic rings. The lowest BCUT2D eigenvalue weighted by Gasteiger charge is -2.44. The molecule has 5 unspecified atom stereocenters. The fourth-order valence-corrected chi connectivity index (χ4v) is 5.23. The fourth-order valence-electron chi connectivity index (χ4n) is 5.23. The molecule has 0 amide bonds. The standard InChI is InChI=1S/C40H40O11/c1-2-3-24-45-25-26-46-40-35(51-39(44)31-22-14-7-15-23-31)34(50-38(43)30-20-12-6-13-21-30)33(49-37(42)29-18-10-5-11-19-29)32(48-40)27-47-36(41)28-16-8-4-9-17-28/h4-23,32-35,40H,2-3,24-27H2,1H3. The minimum absolute atomic E-state index is 0.0120. The van der Waals surface area contributed by atoms with E-state index in [0.29, 0.717) is 6.61 Å². The summed E-state index contributed by atoms with van der Waals surface area (Å²) in [5.74, 6) is -2.99. The van der Waals surface area contributed by atoms with Gasteiger partial charge in [-0.25, -0.2) is 19.2 Å². The van der Waals surface area contributed by atoms with Crippen LogP contribution in [0.3, 0.4) is 0 Å². The molecule has 0 bridgehead atoms. The highest BCUT2D eigenvalue weighted by Crippen LogP contribution is 2.32. The Bertz CT molecular complexity index is 1680. The van der Waals surface area contributed by atoms with Crippen LogP contribution in [0.4, 0.5) is 0 Å². The molecule has 5 rings (SSSR count). The van der Waals surface area contributed by atoms with Crippen molar-refractivity contribution >= 4 is 23.9 Å². The van der Waals surface area contributed by atoms with Crippen LogP contribution in [-0.4, -0.2) is 81.0 Å². The lowest BCUT2D eigenvalue weighted by atomic mass is 9.97. The predicted molar refractivity (Wildman–Crippen MR) is 184 cm³/mol. The Morgan fingerprint density at radius 2 is 0.961 bits per heavy atom. The van der Waals surface area contributed by atoms with Crippen LogP contribution >= 0.6 is 0 Å². The van der Waals surface area contributed by atoms with E-state index in [2.05, 4.69) is 0 Å². The summed E-state index contributed by atoms with van der Waals surface area (Å²) in [7, 11) is 0. The van der Waals surface area contributed by atoms with Gasteiger partial charge in [0.1, 0.15) is 12.7 Å². The molecule has 0 aliphatic carbocycles. The highest BCUT2D eigenvalue weighted by molar-refractivity contribution is 5.91. The van der Waals surface area contributed by atoms with Gasteiger partial charge < -0.3 is 33.2 Å². The van der Waals surface area contributed by atoms with Crippen molar-refractivity contribution < 1.29 is 52.3 Å². The van der Waals surface area contributed by atoms with E-state index in [0.717, 1.165) is 12.8 Å². The van der Waals surface area contributed by atoms with Crippen LogP contribution in [0.5, 0.6) is 0 Å². The SMILES string of the molecule is CCCCOCCOC1OC(COC(=O)c2ccccc2)C(OC(=O)c2ccccc2)C(OC(=O)c2ccccc2)C1OC(=O)c1ccccc1. The minimum atomic E-state index is -1.49. The zero-order valence-corrected chi connectivity index (χ0v) is 28.2. The van der Waals surface area contributed by atoms with Crippen LogP contribution in [0.25, 0.3) is 0 Å². The highest BCUT2D eigenvalue weighted by Gasteiger charge is 2.53. The second-order valence-corrected chi connectivity index (χ2v) is 11.6. The normalized spacial score (nSPS) is 19.7. The van der Waals surface area contributed by atoms with Gasteiger partial charge in [-0.15, -0.1) is 0 Å². The number of esters is 4. The van der Waals surface area contributed by atoms with Gasteiger partial charge in [-0.1, -0.05) is 86.1 Å². The van der Waals surface area contributed by atoms with E-state index in [-0.39, 0.29) is 35.5 Å². The molecular weight excluding hydrogens is 656 g/mol. The molecule has 0 saturated carbocycles. The number of benzene rings is 4. The zero-order chi connectivity index (χ0) is 35.8. The van der Waals surface area contributed by atoms with Gasteiger partial charge in [0, 0.05) is 6.61 Å². The first-order chi connectivity index (χ1) is 24.9. The maximum absolute atomic E-state index is 13.7. The average Bonchev–Trinajstić information content (AvgIpc) is 3.18. The van der Waals surface area contributed by atoms with Gasteiger partial charge in [0.2, 0.25) is 0 Å². The zero-order valence-electron chi connectivity index (χ0n) is 28.2. The van der Waals surface area contributed by atoms with E-state index in [1.54, 1.807) is 121 Å². The van der Waals surface area contributed by atoms with Crippen molar-refractivity contribution in [2.45, 2.75) is 50.5 Å². The molecular formula is C40H40O11. The Balaban J connectivity index is 1.51. The summed E-state index contributed by atoms with van der Waals surface area (Å²) < 4.78 is 41.8. The number of carbonyl (C=O) groups is 4. The number of hydrogen-bond acceptors (Lipinski definition) is 11. The van der Waals surface area contributed by atoms with Crippen LogP contribution in [0.2, 0.25) is 0 Å². The third kappa shape index (κ3) is 10.6. The van der Waals surface area contributed by atoms with Crippen LogP contribution in [0.1, 0.15) is 61.2 Å². The summed E-state index contributed by atoms with van der Waals surface area (Å²) in [5.41, 5.74) is 0.888. The number of rotatable bonds is 16. The first-order valence-electron chi connectivity index (χ1n) is 16.8. The average molecular weight is 697 g/mol. The van der Waals surface area contributed by atoms with Gasteiger partial charge in [0.25, 0.3) is 0 Å². The highest BCUT2D eigenvalue weighted by atomic mass is 16.7. The number of hydrogen-bond donors (Lipinski definition) is 0. The van der Waals surface area contributed by atoms with Crippen LogP contribution < -0.4 is 0 Å². The van der Waals surface area contributed by atoms with E-state index in [9.17, 15) is 19.2 Å². The molecule has 0 spiro atoms. The minimum Gasteiger partial charge on any atom is -0.459 e. The van der Waals surface area contributed by atoms with Crippen molar-refractivity contribution in [3.05, 3.63) is 144 Å². The first-order valence-corrected chi connectivity index (χ1v) is 16.8. The van der Waals surface area contributed by atoms with Gasteiger partial charge >= 0.3 is 23.9 Å². The molecule has 1 heterocycles. The van der Waals surface area contributed by atoms with Crippen molar-refractivity contribution in [3.63, 3.8) is 0 Å². The number of ether oxygens (including phenoxy) is 7. The summed E-state index contributed by atoms with van der Waals surface area (Å²) in [6, 6.07) is 32.9. The van der Waals surface area contributed by atoms with Crippen LogP contribution in [-0.2, 0) is 33.2 Å². The van der Waals surface area contributed by atoms with E-state index in [4.69, 9.17) is 33.2 Å². The summed E-state index contributed by atoms with van der Waals surface area (Å²) in [5, 5.41) is 0. The van der Waals surface area contributed by atoms with Crippen molar-refractivity contribution in [2.24, 2.45) is 0 Å². The lowest BCUT2D eigenvalue weighted by molar-refractivity contribution is -0.299. The fraction of sp³-hybridized carbons (Fsp3) is 0.300. The molecule has 266 valence electrons. The molecule has 1 saturated heterocycles. The molecule has 1 fully saturated rings. The van der Waals surface area contributed by atoms with Gasteiger partial charge in [-0.2, -0.15) is 0 Å². The largest absolute Gasteiger partial charge is 0.459 e. The number of unbranched alkanes of at least 4 members (excludes halogenated alkanes) is 1. The third-order valence-electron chi connectivity index (χ3n) is 7.89. The number of carbonyl (C=O) groups excluding carboxylic acids is 4. The Morgan fingerprint density at radius 1 is 0.529 bits per heavy atom. The first kappa shape index (κ1) is 36.9. The van der Waals surface area contributed by atoms with Crippen molar-refractivity contribution in [2.75, 3.05) is 26.4 Å². The smallest absolute Gasteiger partial charge is 0.338 e. The van der Waals surface area contributed by atoms with Crippen molar-refractivity contribution in [1.82, 2.24) is 0 Å². The Morgan fingerprint density at radius 3 is 1.43 bits per heavy atom. The Labute approximate surface area is 296 Å². The van der Waals surface area contributed by atoms with Crippen molar-refractivity contribution in [3.8, 4) is 0 Å². The molecule has 11 heteroatoms. The third-order valence-corrected chi connectivity index (χ3v) is 7.89. The maximum atomic E-state index is 13.7. The molecule has 0 aromatic heterocycles. The van der Waals surface area contributed by atoms with Crippen LogP contribution in [0, 0.1) is 0 Å².